The summed E-state index contributed by atoms with van der Waals surface area (Å²) in [5.74, 6) is 0.809. The molecule has 5 nitrogen and oxygen atoms in total. The van der Waals surface area contributed by atoms with Crippen LogP contribution in [0.2, 0.25) is 0 Å². The van der Waals surface area contributed by atoms with E-state index in [9.17, 15) is 0 Å². The molecular formula is C12H18N4O. The maximum absolute atomic E-state index is 5.47. The summed E-state index contributed by atoms with van der Waals surface area (Å²) in [6, 6.07) is 0.426. The Morgan fingerprint density at radius 2 is 2.24 bits per heavy atom. The molecule has 0 aromatic carbocycles. The molecule has 0 amide bonds. The third-order valence-corrected chi connectivity index (χ3v) is 2.80. The van der Waals surface area contributed by atoms with Crippen LogP contribution >= 0.6 is 0 Å². The summed E-state index contributed by atoms with van der Waals surface area (Å²) >= 11 is 0. The number of hydrogen-bond donors (Lipinski definition) is 1. The average Bonchev–Trinajstić information content (AvgIpc) is 2.85. The van der Waals surface area contributed by atoms with Crippen LogP contribution in [0, 0.1) is 6.92 Å². The molecule has 1 N–H and O–H groups in total. The summed E-state index contributed by atoms with van der Waals surface area (Å²) < 4.78 is 7.30. The van der Waals surface area contributed by atoms with Gasteiger partial charge in [0.2, 0.25) is 0 Å². The highest BCUT2D eigenvalue weighted by Crippen LogP contribution is 2.25. The van der Waals surface area contributed by atoms with Crippen molar-refractivity contribution in [3.63, 3.8) is 0 Å². The van der Waals surface area contributed by atoms with Crippen LogP contribution in [-0.2, 0) is 13.6 Å². The van der Waals surface area contributed by atoms with Gasteiger partial charge in [0.15, 0.2) is 12.2 Å². The van der Waals surface area contributed by atoms with Crippen molar-refractivity contribution in [2.75, 3.05) is 0 Å². The Morgan fingerprint density at radius 1 is 1.47 bits per heavy atom. The predicted octanol–water partition coefficient (Wildman–Crippen LogP) is 1.88. The maximum Gasteiger partial charge on any atom is 0.181 e. The van der Waals surface area contributed by atoms with E-state index in [0.717, 1.165) is 22.7 Å². The minimum atomic E-state index is 0.426. The van der Waals surface area contributed by atoms with Crippen molar-refractivity contribution < 1.29 is 4.42 Å². The van der Waals surface area contributed by atoms with Gasteiger partial charge in [0.1, 0.15) is 5.69 Å². The molecule has 0 radical (unpaired) electrons. The molecule has 2 heterocycles. The normalized spacial score (nSPS) is 11.4. The number of oxazole rings is 1. The molecule has 2 aromatic rings. The minimum absolute atomic E-state index is 0.426. The summed E-state index contributed by atoms with van der Waals surface area (Å²) in [6.07, 6.45) is 3.30. The second-order valence-corrected chi connectivity index (χ2v) is 4.43. The zero-order valence-electron chi connectivity index (χ0n) is 10.7. The first-order chi connectivity index (χ1) is 8.09. The van der Waals surface area contributed by atoms with E-state index in [-0.39, 0.29) is 0 Å². The number of rotatable bonds is 4. The molecule has 92 valence electrons. The van der Waals surface area contributed by atoms with E-state index in [1.165, 1.54) is 6.39 Å². The topological polar surface area (TPSA) is 55.9 Å². The molecule has 0 fully saturated rings. The van der Waals surface area contributed by atoms with E-state index in [0.29, 0.717) is 12.6 Å². The van der Waals surface area contributed by atoms with Gasteiger partial charge in [-0.3, -0.25) is 4.68 Å². The molecule has 0 aliphatic heterocycles. The number of aromatic nitrogens is 3. The first-order valence-corrected chi connectivity index (χ1v) is 5.74. The summed E-state index contributed by atoms with van der Waals surface area (Å²) in [5.41, 5.74) is 3.01. The van der Waals surface area contributed by atoms with E-state index in [2.05, 4.69) is 29.2 Å². The lowest BCUT2D eigenvalue weighted by molar-refractivity contribution is 0.562. The van der Waals surface area contributed by atoms with Crippen molar-refractivity contribution in [2.24, 2.45) is 7.05 Å². The van der Waals surface area contributed by atoms with Gasteiger partial charge in [-0.15, -0.1) is 0 Å². The minimum Gasteiger partial charge on any atom is -0.443 e. The summed E-state index contributed by atoms with van der Waals surface area (Å²) in [5, 5.41) is 7.55. The number of aryl methyl sites for hydroxylation is 1. The third kappa shape index (κ3) is 2.39. The van der Waals surface area contributed by atoms with Gasteiger partial charge in [-0.1, -0.05) is 13.8 Å². The molecule has 0 unspecified atom stereocenters. The molecule has 2 rings (SSSR count). The van der Waals surface area contributed by atoms with Crippen LogP contribution in [0.1, 0.15) is 25.2 Å². The van der Waals surface area contributed by atoms with Crippen molar-refractivity contribution in [2.45, 2.75) is 33.4 Å². The fraction of sp³-hybridized carbons (Fsp3) is 0.500. The van der Waals surface area contributed by atoms with Crippen molar-refractivity contribution in [3.8, 4) is 11.3 Å². The van der Waals surface area contributed by atoms with Crippen molar-refractivity contribution in [3.05, 3.63) is 24.0 Å². The van der Waals surface area contributed by atoms with E-state index >= 15 is 0 Å². The van der Waals surface area contributed by atoms with Crippen LogP contribution in [0.5, 0.6) is 0 Å². The fourth-order valence-corrected chi connectivity index (χ4v) is 1.64. The molecule has 2 aromatic heterocycles. The zero-order valence-corrected chi connectivity index (χ0v) is 10.7. The predicted molar refractivity (Wildman–Crippen MR) is 65.4 cm³/mol. The van der Waals surface area contributed by atoms with E-state index in [1.807, 2.05) is 24.9 Å². The van der Waals surface area contributed by atoms with Gasteiger partial charge in [0.25, 0.3) is 0 Å². The summed E-state index contributed by atoms with van der Waals surface area (Å²) in [7, 11) is 1.92. The van der Waals surface area contributed by atoms with Gasteiger partial charge < -0.3 is 9.73 Å². The molecule has 0 bridgehead atoms. The van der Waals surface area contributed by atoms with Crippen LogP contribution in [0.3, 0.4) is 0 Å². The molecule has 0 aliphatic carbocycles. The van der Waals surface area contributed by atoms with Crippen LogP contribution in [-0.4, -0.2) is 20.8 Å². The molecule has 5 heteroatoms. The second kappa shape index (κ2) is 4.71. The number of nitrogens with one attached hydrogen (secondary N) is 1. The number of nitrogens with zero attached hydrogens (tertiary/aromatic N) is 3. The van der Waals surface area contributed by atoms with Crippen LogP contribution < -0.4 is 5.32 Å². The molecule has 17 heavy (non-hydrogen) atoms. The standard InChI is InChI=1S/C12H18N4O/c1-8(2)13-6-11-12(17-7-14-11)10-5-15-16(4)9(10)3/h5,7-8,13H,6H2,1-4H3. The largest absolute Gasteiger partial charge is 0.443 e. The van der Waals surface area contributed by atoms with Crippen LogP contribution in [0.15, 0.2) is 17.0 Å². The first-order valence-electron chi connectivity index (χ1n) is 5.74. The second-order valence-electron chi connectivity index (χ2n) is 4.43. The van der Waals surface area contributed by atoms with Crippen LogP contribution in [0.25, 0.3) is 11.3 Å². The highest BCUT2D eigenvalue weighted by molar-refractivity contribution is 5.61. The monoisotopic (exact) mass is 234 g/mol. The smallest absolute Gasteiger partial charge is 0.181 e. The molecule has 0 aliphatic rings. The quantitative estimate of drug-likeness (QED) is 0.877. The fourth-order valence-electron chi connectivity index (χ4n) is 1.64. The van der Waals surface area contributed by atoms with E-state index < -0.39 is 0 Å². The SMILES string of the molecule is Cc1c(-c2ocnc2CNC(C)C)cnn1C. The van der Waals surface area contributed by atoms with Gasteiger partial charge in [-0.25, -0.2) is 4.98 Å². The zero-order chi connectivity index (χ0) is 12.4. The Kier molecular flexibility index (Phi) is 3.28. The van der Waals surface area contributed by atoms with E-state index in [4.69, 9.17) is 4.42 Å². The Hall–Kier alpha value is -1.62. The Balaban J connectivity index is 2.27. The van der Waals surface area contributed by atoms with Crippen molar-refractivity contribution >= 4 is 0 Å². The molecule has 0 spiro atoms. The molecular weight excluding hydrogens is 216 g/mol. The third-order valence-electron chi connectivity index (χ3n) is 2.80. The maximum atomic E-state index is 5.47. The van der Waals surface area contributed by atoms with Gasteiger partial charge >= 0.3 is 0 Å². The van der Waals surface area contributed by atoms with Crippen LogP contribution in [0.4, 0.5) is 0 Å². The number of hydrogen-bond acceptors (Lipinski definition) is 4. The van der Waals surface area contributed by atoms with Gasteiger partial charge in [-0.05, 0) is 6.92 Å². The van der Waals surface area contributed by atoms with Crippen molar-refractivity contribution in [1.82, 2.24) is 20.1 Å². The molecule has 0 atom stereocenters. The lowest BCUT2D eigenvalue weighted by atomic mass is 10.1. The van der Waals surface area contributed by atoms with Gasteiger partial charge in [-0.2, -0.15) is 5.10 Å². The Morgan fingerprint density at radius 3 is 2.82 bits per heavy atom. The van der Waals surface area contributed by atoms with E-state index in [1.54, 1.807) is 0 Å². The van der Waals surface area contributed by atoms with Gasteiger partial charge in [0, 0.05) is 25.3 Å². The summed E-state index contributed by atoms with van der Waals surface area (Å²) in [4.78, 5) is 4.25. The van der Waals surface area contributed by atoms with Crippen molar-refractivity contribution in [1.29, 1.82) is 0 Å². The Bertz CT molecular complexity index is 498. The Labute approximate surface area is 101 Å². The average molecular weight is 234 g/mol. The molecule has 0 saturated carbocycles. The van der Waals surface area contributed by atoms with Gasteiger partial charge in [0.05, 0.1) is 11.8 Å². The lowest BCUT2D eigenvalue weighted by Crippen LogP contribution is -2.22. The molecule has 0 saturated heterocycles. The first kappa shape index (κ1) is 11.9. The highest BCUT2D eigenvalue weighted by atomic mass is 16.3. The lowest BCUT2D eigenvalue weighted by Gasteiger charge is -2.06. The summed E-state index contributed by atoms with van der Waals surface area (Å²) in [6.45, 7) is 6.94. The highest BCUT2D eigenvalue weighted by Gasteiger charge is 2.15.